The molecule has 0 atom stereocenters. The van der Waals surface area contributed by atoms with Gasteiger partial charge in [-0.25, -0.2) is 0 Å². The van der Waals surface area contributed by atoms with Crippen molar-refractivity contribution in [3.8, 4) is 11.5 Å². The number of ether oxygens (including phenoxy) is 2. The summed E-state index contributed by atoms with van der Waals surface area (Å²) in [5, 5.41) is 7.29. The van der Waals surface area contributed by atoms with E-state index in [-0.39, 0.29) is 17.7 Å². The molecule has 1 aliphatic heterocycles. The van der Waals surface area contributed by atoms with E-state index in [1.807, 2.05) is 41.3 Å². The lowest BCUT2D eigenvalue weighted by Crippen LogP contribution is -2.38. The smallest absolute Gasteiger partial charge is 0.278 e. The van der Waals surface area contributed by atoms with Crippen LogP contribution in [0.15, 0.2) is 54.6 Å². The zero-order chi connectivity index (χ0) is 23.4. The zero-order valence-corrected chi connectivity index (χ0v) is 19.1. The van der Waals surface area contributed by atoms with E-state index in [4.69, 9.17) is 9.47 Å². The summed E-state index contributed by atoms with van der Waals surface area (Å²) >= 11 is 0. The standard InChI is InChI=1S/C25H28N4O4/c1-28(19-7-5-4-6-8-19)25(31)21-16-20(26-27-21)17-11-13-29(14-12-17)24(30)18-9-10-22(32-2)23(15-18)33-3/h4-10,15-17H,11-14H2,1-3H3,(H,26,27). The van der Waals surface area contributed by atoms with Crippen molar-refractivity contribution in [3.05, 3.63) is 71.5 Å². The molecule has 2 heterocycles. The molecule has 172 valence electrons. The van der Waals surface area contributed by atoms with Crippen LogP contribution >= 0.6 is 0 Å². The minimum atomic E-state index is -0.162. The second-order valence-corrected chi connectivity index (χ2v) is 8.04. The summed E-state index contributed by atoms with van der Waals surface area (Å²) in [6.45, 7) is 1.26. The number of likely N-dealkylation sites (tertiary alicyclic amines) is 1. The number of rotatable bonds is 6. The van der Waals surface area contributed by atoms with E-state index < -0.39 is 0 Å². The predicted octanol–water partition coefficient (Wildman–Crippen LogP) is 3.72. The van der Waals surface area contributed by atoms with E-state index in [0.29, 0.717) is 35.8 Å². The van der Waals surface area contributed by atoms with Crippen LogP contribution in [0, 0.1) is 0 Å². The molecule has 1 saturated heterocycles. The van der Waals surface area contributed by atoms with Gasteiger partial charge in [0.1, 0.15) is 0 Å². The molecule has 0 saturated carbocycles. The summed E-state index contributed by atoms with van der Waals surface area (Å²) in [6, 6.07) is 16.5. The highest BCUT2D eigenvalue weighted by Crippen LogP contribution is 2.31. The number of aromatic nitrogens is 2. The number of hydrogen-bond donors (Lipinski definition) is 1. The van der Waals surface area contributed by atoms with Crippen molar-refractivity contribution in [3.63, 3.8) is 0 Å². The normalized spacial score (nSPS) is 14.1. The number of nitrogens with one attached hydrogen (secondary N) is 1. The lowest BCUT2D eigenvalue weighted by molar-refractivity contribution is 0.0711. The second-order valence-electron chi connectivity index (χ2n) is 8.04. The Labute approximate surface area is 193 Å². The Morgan fingerprint density at radius 2 is 1.70 bits per heavy atom. The van der Waals surface area contributed by atoms with Crippen LogP contribution in [0.4, 0.5) is 5.69 Å². The molecule has 33 heavy (non-hydrogen) atoms. The van der Waals surface area contributed by atoms with Gasteiger partial charge in [-0.05, 0) is 49.2 Å². The molecular formula is C25H28N4O4. The number of piperidine rings is 1. The van der Waals surface area contributed by atoms with E-state index in [1.165, 1.54) is 0 Å². The number of amides is 2. The fourth-order valence-corrected chi connectivity index (χ4v) is 4.14. The Hall–Kier alpha value is -3.81. The van der Waals surface area contributed by atoms with Crippen molar-refractivity contribution in [2.45, 2.75) is 18.8 Å². The third-order valence-corrected chi connectivity index (χ3v) is 6.12. The molecule has 0 aliphatic carbocycles. The number of aromatic amines is 1. The van der Waals surface area contributed by atoms with Crippen LogP contribution in [0.25, 0.3) is 0 Å². The van der Waals surface area contributed by atoms with Crippen molar-refractivity contribution >= 4 is 17.5 Å². The van der Waals surface area contributed by atoms with Crippen LogP contribution in [-0.2, 0) is 0 Å². The highest BCUT2D eigenvalue weighted by Gasteiger charge is 2.27. The maximum Gasteiger partial charge on any atom is 0.278 e. The van der Waals surface area contributed by atoms with Crippen molar-refractivity contribution < 1.29 is 19.1 Å². The van der Waals surface area contributed by atoms with Gasteiger partial charge in [0.05, 0.1) is 14.2 Å². The molecule has 1 N–H and O–H groups in total. The van der Waals surface area contributed by atoms with E-state index in [2.05, 4.69) is 10.2 Å². The largest absolute Gasteiger partial charge is 0.493 e. The Morgan fingerprint density at radius 1 is 1.00 bits per heavy atom. The van der Waals surface area contributed by atoms with Crippen molar-refractivity contribution in [1.29, 1.82) is 0 Å². The Morgan fingerprint density at radius 3 is 2.36 bits per heavy atom. The third-order valence-electron chi connectivity index (χ3n) is 6.12. The van der Waals surface area contributed by atoms with Gasteiger partial charge in [-0.3, -0.25) is 14.7 Å². The van der Waals surface area contributed by atoms with E-state index in [1.54, 1.807) is 44.4 Å². The topological polar surface area (TPSA) is 87.8 Å². The maximum atomic E-state index is 13.0. The quantitative estimate of drug-likeness (QED) is 0.621. The molecule has 4 rings (SSSR count). The number of H-pyrrole nitrogens is 1. The number of methoxy groups -OCH3 is 2. The van der Waals surface area contributed by atoms with Crippen LogP contribution < -0.4 is 14.4 Å². The molecule has 1 aliphatic rings. The van der Waals surface area contributed by atoms with Gasteiger partial charge >= 0.3 is 0 Å². The summed E-state index contributed by atoms with van der Waals surface area (Å²) in [7, 11) is 4.86. The first-order valence-electron chi connectivity index (χ1n) is 10.9. The molecule has 1 aromatic heterocycles. The summed E-state index contributed by atoms with van der Waals surface area (Å²) < 4.78 is 10.6. The first kappa shape index (κ1) is 22.4. The van der Waals surface area contributed by atoms with Gasteiger partial charge in [0.15, 0.2) is 17.2 Å². The molecule has 0 bridgehead atoms. The molecule has 8 nitrogen and oxygen atoms in total. The number of carbonyl (C=O) groups is 2. The maximum absolute atomic E-state index is 13.0. The Kier molecular flexibility index (Phi) is 6.63. The van der Waals surface area contributed by atoms with Gasteiger partial charge in [-0.2, -0.15) is 5.10 Å². The van der Waals surface area contributed by atoms with Gasteiger partial charge in [0.2, 0.25) is 0 Å². The molecule has 3 aromatic rings. The Balaban J connectivity index is 1.38. The average molecular weight is 449 g/mol. The Bertz CT molecular complexity index is 1120. The SMILES string of the molecule is COc1ccc(C(=O)N2CCC(c3cc(C(=O)N(C)c4ccccc4)n[nH]3)CC2)cc1OC. The van der Waals surface area contributed by atoms with Crippen molar-refractivity contribution in [2.24, 2.45) is 0 Å². The van der Waals surface area contributed by atoms with Gasteiger partial charge in [-0.15, -0.1) is 0 Å². The highest BCUT2D eigenvalue weighted by atomic mass is 16.5. The van der Waals surface area contributed by atoms with Crippen LogP contribution in [0.1, 0.15) is 45.3 Å². The summed E-state index contributed by atoms with van der Waals surface area (Å²) in [5.74, 6) is 1.16. The first-order valence-corrected chi connectivity index (χ1v) is 10.9. The second kappa shape index (κ2) is 9.77. The number of nitrogens with zero attached hydrogens (tertiary/aromatic N) is 3. The molecule has 8 heteroatoms. The summed E-state index contributed by atoms with van der Waals surface area (Å²) in [6.07, 6.45) is 1.59. The number of benzene rings is 2. The van der Waals surface area contributed by atoms with Gasteiger partial charge in [-0.1, -0.05) is 18.2 Å². The monoisotopic (exact) mass is 448 g/mol. The first-order chi connectivity index (χ1) is 16.0. The van der Waals surface area contributed by atoms with E-state index in [0.717, 1.165) is 24.2 Å². The molecule has 2 amide bonds. The van der Waals surface area contributed by atoms with Crippen molar-refractivity contribution in [2.75, 3.05) is 39.3 Å². The van der Waals surface area contributed by atoms with Crippen LogP contribution in [0.5, 0.6) is 11.5 Å². The van der Waals surface area contributed by atoms with E-state index >= 15 is 0 Å². The lowest BCUT2D eigenvalue weighted by atomic mass is 9.93. The predicted molar refractivity (Wildman–Crippen MR) is 125 cm³/mol. The number of hydrogen-bond acceptors (Lipinski definition) is 5. The number of para-hydroxylation sites is 1. The van der Waals surface area contributed by atoms with Crippen molar-refractivity contribution in [1.82, 2.24) is 15.1 Å². The van der Waals surface area contributed by atoms with Gasteiger partial charge < -0.3 is 19.3 Å². The van der Waals surface area contributed by atoms with Gasteiger partial charge in [0, 0.05) is 43.0 Å². The third kappa shape index (κ3) is 4.69. The molecule has 2 aromatic carbocycles. The van der Waals surface area contributed by atoms with Crippen LogP contribution in [0.3, 0.4) is 0 Å². The lowest BCUT2D eigenvalue weighted by Gasteiger charge is -2.31. The molecule has 0 unspecified atom stereocenters. The molecule has 0 spiro atoms. The van der Waals surface area contributed by atoms with Crippen LogP contribution in [-0.4, -0.2) is 61.3 Å². The number of carbonyl (C=O) groups excluding carboxylic acids is 2. The van der Waals surface area contributed by atoms with Crippen LogP contribution in [0.2, 0.25) is 0 Å². The molecular weight excluding hydrogens is 420 g/mol. The number of anilines is 1. The fraction of sp³-hybridized carbons (Fsp3) is 0.320. The summed E-state index contributed by atoms with van der Waals surface area (Å²) in [5.41, 5.74) is 2.71. The van der Waals surface area contributed by atoms with E-state index in [9.17, 15) is 9.59 Å². The summed E-state index contributed by atoms with van der Waals surface area (Å²) in [4.78, 5) is 29.2. The minimum Gasteiger partial charge on any atom is -0.493 e. The minimum absolute atomic E-state index is 0.0284. The highest BCUT2D eigenvalue weighted by molar-refractivity contribution is 6.04. The average Bonchev–Trinajstić information content (AvgIpc) is 3.38. The molecule has 1 fully saturated rings. The zero-order valence-electron chi connectivity index (χ0n) is 19.1. The fourth-order valence-electron chi connectivity index (χ4n) is 4.14. The van der Waals surface area contributed by atoms with Gasteiger partial charge in [0.25, 0.3) is 11.8 Å². The molecule has 0 radical (unpaired) electrons.